The summed E-state index contributed by atoms with van der Waals surface area (Å²) in [4.78, 5) is 10.5. The van der Waals surface area contributed by atoms with E-state index in [4.69, 9.17) is 4.74 Å². The molecule has 27 heavy (non-hydrogen) atoms. The molecule has 1 saturated heterocycles. The number of hydrogen-bond donors (Lipinski definition) is 1. The van der Waals surface area contributed by atoms with Crippen LogP contribution >= 0.6 is 0 Å². The van der Waals surface area contributed by atoms with Crippen LogP contribution in [0.5, 0.6) is 0 Å². The number of morpholine rings is 1. The summed E-state index contributed by atoms with van der Waals surface area (Å²) in [5.41, 5.74) is -0.160. The third-order valence-electron chi connectivity index (χ3n) is 4.49. The van der Waals surface area contributed by atoms with Crippen LogP contribution in [0.15, 0.2) is 41.7 Å². The first-order valence-corrected chi connectivity index (χ1v) is 8.59. The molecule has 1 fully saturated rings. The highest BCUT2D eigenvalue weighted by atomic mass is 19.4. The monoisotopic (exact) mass is 381 g/mol. The van der Waals surface area contributed by atoms with Gasteiger partial charge in [-0.25, -0.2) is 4.98 Å². The van der Waals surface area contributed by atoms with Crippen LogP contribution < -0.4 is 5.32 Å². The van der Waals surface area contributed by atoms with E-state index in [-0.39, 0.29) is 0 Å². The van der Waals surface area contributed by atoms with E-state index in [0.717, 1.165) is 18.0 Å². The van der Waals surface area contributed by atoms with Crippen molar-refractivity contribution in [2.24, 2.45) is 12.0 Å². The number of ether oxygens (including phenoxy) is 1. The van der Waals surface area contributed by atoms with Gasteiger partial charge >= 0.3 is 6.18 Å². The highest BCUT2D eigenvalue weighted by Gasteiger charge is 2.32. The first-order valence-electron chi connectivity index (χ1n) is 8.59. The lowest BCUT2D eigenvalue weighted by molar-refractivity contribution is -0.137. The predicted octanol–water partition coefficient (Wildman–Crippen LogP) is 2.59. The fourth-order valence-electron chi connectivity index (χ4n) is 3.02. The van der Waals surface area contributed by atoms with E-state index in [1.165, 1.54) is 6.07 Å². The number of aliphatic imine (C=N–C) groups is 1. The number of benzene rings is 1. The quantitative estimate of drug-likeness (QED) is 0.656. The van der Waals surface area contributed by atoms with Gasteiger partial charge in [0.2, 0.25) is 0 Å². The van der Waals surface area contributed by atoms with Gasteiger partial charge in [0.1, 0.15) is 11.9 Å². The summed E-state index contributed by atoms with van der Waals surface area (Å²) in [6, 6.07) is 5.29. The molecule has 1 aromatic heterocycles. The minimum Gasteiger partial charge on any atom is -0.370 e. The molecule has 0 saturated carbocycles. The summed E-state index contributed by atoms with van der Waals surface area (Å²) in [6.07, 6.45) is -1.24. The van der Waals surface area contributed by atoms with E-state index in [2.05, 4.69) is 15.3 Å². The normalized spacial score (nSPS) is 18.6. The van der Waals surface area contributed by atoms with Gasteiger partial charge in [-0.1, -0.05) is 12.1 Å². The fourth-order valence-corrected chi connectivity index (χ4v) is 3.02. The molecular formula is C18H22F3N5O. The van der Waals surface area contributed by atoms with E-state index < -0.39 is 17.8 Å². The maximum atomic E-state index is 13.0. The first kappa shape index (κ1) is 19.2. The molecule has 0 amide bonds. The van der Waals surface area contributed by atoms with Crippen molar-refractivity contribution < 1.29 is 17.9 Å². The summed E-state index contributed by atoms with van der Waals surface area (Å²) in [5.74, 6) is 1.53. The molecule has 0 aliphatic carbocycles. The van der Waals surface area contributed by atoms with Crippen molar-refractivity contribution >= 4 is 5.96 Å². The second-order valence-electron chi connectivity index (χ2n) is 6.28. The van der Waals surface area contributed by atoms with E-state index in [0.29, 0.717) is 37.8 Å². The Morgan fingerprint density at radius 1 is 1.41 bits per heavy atom. The molecule has 1 atom stereocenters. The molecular weight excluding hydrogens is 359 g/mol. The zero-order valence-electron chi connectivity index (χ0n) is 15.2. The van der Waals surface area contributed by atoms with Crippen LogP contribution in [0.25, 0.3) is 0 Å². The van der Waals surface area contributed by atoms with E-state index >= 15 is 0 Å². The minimum absolute atomic E-state index is 0.407. The second-order valence-corrected chi connectivity index (χ2v) is 6.28. The smallest absolute Gasteiger partial charge is 0.370 e. The topological polar surface area (TPSA) is 54.7 Å². The van der Waals surface area contributed by atoms with Crippen molar-refractivity contribution in [2.45, 2.75) is 18.8 Å². The largest absolute Gasteiger partial charge is 0.416 e. The summed E-state index contributed by atoms with van der Waals surface area (Å²) in [5, 5.41) is 3.25. The lowest BCUT2D eigenvalue weighted by Crippen LogP contribution is -2.48. The van der Waals surface area contributed by atoms with E-state index in [1.807, 2.05) is 22.7 Å². The minimum atomic E-state index is -4.37. The first-order chi connectivity index (χ1) is 12.9. The third kappa shape index (κ3) is 4.60. The number of alkyl halides is 3. The van der Waals surface area contributed by atoms with E-state index in [1.54, 1.807) is 19.3 Å². The molecule has 1 N–H and O–H groups in total. The molecule has 9 heteroatoms. The molecule has 0 radical (unpaired) electrons. The average Bonchev–Trinajstić information content (AvgIpc) is 3.07. The zero-order chi connectivity index (χ0) is 19.4. The molecule has 0 bridgehead atoms. The van der Waals surface area contributed by atoms with E-state index in [9.17, 15) is 13.2 Å². The number of nitrogens with zero attached hydrogens (tertiary/aromatic N) is 4. The van der Waals surface area contributed by atoms with Crippen LogP contribution in [0.1, 0.15) is 23.1 Å². The van der Waals surface area contributed by atoms with Crippen LogP contribution in [0.2, 0.25) is 0 Å². The van der Waals surface area contributed by atoms with Gasteiger partial charge in [-0.05, 0) is 17.7 Å². The third-order valence-corrected chi connectivity index (χ3v) is 4.49. The van der Waals surface area contributed by atoms with Gasteiger partial charge in [-0.2, -0.15) is 13.2 Å². The molecule has 6 nitrogen and oxygen atoms in total. The maximum Gasteiger partial charge on any atom is 0.416 e. The maximum absolute atomic E-state index is 13.0. The number of hydrogen-bond acceptors (Lipinski definition) is 3. The SMILES string of the molecule is CN=C(NCc1nccn1C)N1CCOC(c2cccc(C(F)(F)F)c2)C1. The molecule has 146 valence electrons. The van der Waals surface area contributed by atoms with Gasteiger partial charge in [-0.3, -0.25) is 4.99 Å². The molecule has 3 rings (SSSR count). The second kappa shape index (κ2) is 7.99. The van der Waals surface area contributed by atoms with Gasteiger partial charge in [0.15, 0.2) is 5.96 Å². The van der Waals surface area contributed by atoms with Crippen molar-refractivity contribution in [3.05, 3.63) is 53.6 Å². The standard InChI is InChI=1S/C18H22F3N5O/c1-22-17(24-11-16-23-6-7-25(16)2)26-8-9-27-15(12-26)13-4-3-5-14(10-13)18(19,20)21/h3-7,10,15H,8-9,11-12H2,1-2H3,(H,22,24). The van der Waals surface area contributed by atoms with Crippen LogP contribution in [-0.4, -0.2) is 47.2 Å². The Balaban J connectivity index is 1.68. The van der Waals surface area contributed by atoms with Crippen molar-refractivity contribution in [3.8, 4) is 0 Å². The zero-order valence-corrected chi connectivity index (χ0v) is 15.2. The number of halogens is 3. The highest BCUT2D eigenvalue weighted by molar-refractivity contribution is 5.80. The van der Waals surface area contributed by atoms with Crippen LogP contribution in [0.4, 0.5) is 13.2 Å². The van der Waals surface area contributed by atoms with Crippen LogP contribution in [-0.2, 0) is 24.5 Å². The van der Waals surface area contributed by atoms with Gasteiger partial charge in [-0.15, -0.1) is 0 Å². The van der Waals surface area contributed by atoms with Gasteiger partial charge in [0.25, 0.3) is 0 Å². The Bertz CT molecular complexity index is 802. The Hall–Kier alpha value is -2.55. The van der Waals surface area contributed by atoms with Crippen molar-refractivity contribution in [3.63, 3.8) is 0 Å². The average molecular weight is 381 g/mol. The Labute approximate surface area is 155 Å². The van der Waals surface area contributed by atoms with Crippen molar-refractivity contribution in [1.29, 1.82) is 0 Å². The summed E-state index contributed by atoms with van der Waals surface area (Å²) in [6.45, 7) is 1.93. The number of guanidine groups is 1. The summed E-state index contributed by atoms with van der Waals surface area (Å²) >= 11 is 0. The molecule has 1 aliphatic rings. The van der Waals surface area contributed by atoms with Crippen molar-refractivity contribution in [1.82, 2.24) is 19.8 Å². The van der Waals surface area contributed by atoms with Crippen LogP contribution in [0.3, 0.4) is 0 Å². The number of rotatable bonds is 3. The lowest BCUT2D eigenvalue weighted by Gasteiger charge is -2.35. The molecule has 2 aromatic rings. The Morgan fingerprint density at radius 3 is 2.89 bits per heavy atom. The molecule has 1 unspecified atom stereocenters. The van der Waals surface area contributed by atoms with Crippen molar-refractivity contribution in [2.75, 3.05) is 26.7 Å². The highest BCUT2D eigenvalue weighted by Crippen LogP contribution is 2.32. The lowest BCUT2D eigenvalue weighted by atomic mass is 10.0. The fraction of sp³-hybridized carbons (Fsp3) is 0.444. The molecule has 0 spiro atoms. The molecule has 2 heterocycles. The van der Waals surface area contributed by atoms with Gasteiger partial charge in [0, 0.05) is 33.0 Å². The Kier molecular flexibility index (Phi) is 5.69. The molecule has 1 aliphatic heterocycles. The number of aryl methyl sites for hydroxylation is 1. The number of aromatic nitrogens is 2. The van der Waals surface area contributed by atoms with Gasteiger partial charge < -0.3 is 19.5 Å². The van der Waals surface area contributed by atoms with Crippen LogP contribution in [0, 0.1) is 0 Å². The predicted molar refractivity (Wildman–Crippen MR) is 95.1 cm³/mol. The summed E-state index contributed by atoms with van der Waals surface area (Å²) in [7, 11) is 3.58. The summed E-state index contributed by atoms with van der Waals surface area (Å²) < 4.78 is 46.5. The molecule has 1 aromatic carbocycles. The number of nitrogens with one attached hydrogen (secondary N) is 1. The number of imidazole rings is 1. The van der Waals surface area contributed by atoms with Gasteiger partial charge in [0.05, 0.1) is 25.3 Å². The Morgan fingerprint density at radius 2 is 2.22 bits per heavy atom.